The van der Waals surface area contributed by atoms with Gasteiger partial charge in [0.2, 0.25) is 0 Å². The number of nitrogens with one attached hydrogen (secondary N) is 1. The second kappa shape index (κ2) is 4.84. The molecule has 4 nitrogen and oxygen atoms in total. The van der Waals surface area contributed by atoms with Crippen LogP contribution in [0, 0.1) is 0 Å². The van der Waals surface area contributed by atoms with Crippen molar-refractivity contribution < 1.29 is 0 Å². The summed E-state index contributed by atoms with van der Waals surface area (Å²) >= 11 is 0. The average Bonchev–Trinajstić information content (AvgIpc) is 2.75. The maximum absolute atomic E-state index is 5.93. The summed E-state index contributed by atoms with van der Waals surface area (Å²) in [6.07, 6.45) is 4.76. The van der Waals surface area contributed by atoms with Crippen molar-refractivity contribution in [2.45, 2.75) is 44.7 Å². The molecule has 1 aliphatic carbocycles. The van der Waals surface area contributed by atoms with Crippen LogP contribution in [0.2, 0.25) is 0 Å². The highest BCUT2D eigenvalue weighted by Gasteiger charge is 2.26. The first-order valence-corrected chi connectivity index (χ1v) is 6.11. The summed E-state index contributed by atoms with van der Waals surface area (Å²) < 4.78 is 0. The first-order chi connectivity index (χ1) is 7.31. The second-order valence-corrected chi connectivity index (χ2v) is 4.49. The van der Waals surface area contributed by atoms with Crippen LogP contribution in [0.25, 0.3) is 0 Å². The Bertz CT molecular complexity index is 231. The molecule has 0 aromatic rings. The van der Waals surface area contributed by atoms with Gasteiger partial charge < -0.3 is 16.0 Å². The van der Waals surface area contributed by atoms with Crippen molar-refractivity contribution in [1.82, 2.24) is 10.2 Å². The van der Waals surface area contributed by atoms with Crippen molar-refractivity contribution in [2.24, 2.45) is 10.7 Å². The van der Waals surface area contributed by atoms with Gasteiger partial charge in [0.15, 0.2) is 5.96 Å². The highest BCUT2D eigenvalue weighted by atomic mass is 15.3. The minimum absolute atomic E-state index is 0.429. The standard InChI is InChI=1S/C11H22N4/c1-2-15(11-13-7-8-14-11)10-5-3-9(12)4-6-10/h9-10H,2-8,12H2,1H3,(H,13,14). The fourth-order valence-corrected chi connectivity index (χ4v) is 2.57. The van der Waals surface area contributed by atoms with Gasteiger partial charge in [0.1, 0.15) is 0 Å². The van der Waals surface area contributed by atoms with E-state index in [1.54, 1.807) is 0 Å². The highest BCUT2D eigenvalue weighted by Crippen LogP contribution is 2.22. The monoisotopic (exact) mass is 210 g/mol. The molecule has 0 bridgehead atoms. The molecule has 0 atom stereocenters. The number of nitrogens with two attached hydrogens (primary N) is 1. The zero-order valence-corrected chi connectivity index (χ0v) is 9.58. The van der Waals surface area contributed by atoms with Gasteiger partial charge in [-0.3, -0.25) is 4.99 Å². The minimum atomic E-state index is 0.429. The number of aliphatic imine (C=N–C) groups is 1. The highest BCUT2D eigenvalue weighted by molar-refractivity contribution is 5.81. The van der Waals surface area contributed by atoms with Crippen LogP contribution in [0.5, 0.6) is 0 Å². The van der Waals surface area contributed by atoms with Crippen LogP contribution in [0.1, 0.15) is 32.6 Å². The molecule has 86 valence electrons. The molecule has 0 aromatic carbocycles. The van der Waals surface area contributed by atoms with Crippen LogP contribution in [0.3, 0.4) is 0 Å². The van der Waals surface area contributed by atoms with Gasteiger partial charge in [-0.1, -0.05) is 0 Å². The average molecular weight is 210 g/mol. The fourth-order valence-electron chi connectivity index (χ4n) is 2.57. The Morgan fingerprint density at radius 2 is 2.13 bits per heavy atom. The number of hydrogen-bond acceptors (Lipinski definition) is 4. The van der Waals surface area contributed by atoms with E-state index in [2.05, 4.69) is 22.1 Å². The second-order valence-electron chi connectivity index (χ2n) is 4.49. The van der Waals surface area contributed by atoms with Crippen LogP contribution >= 0.6 is 0 Å². The molecule has 0 amide bonds. The number of guanidine groups is 1. The molecule has 2 rings (SSSR count). The van der Waals surface area contributed by atoms with E-state index in [-0.39, 0.29) is 0 Å². The minimum Gasteiger partial charge on any atom is -0.354 e. The molecule has 0 saturated heterocycles. The van der Waals surface area contributed by atoms with Gasteiger partial charge in [-0.2, -0.15) is 0 Å². The van der Waals surface area contributed by atoms with Gasteiger partial charge in [-0.25, -0.2) is 0 Å². The summed E-state index contributed by atoms with van der Waals surface area (Å²) in [4.78, 5) is 6.92. The maximum Gasteiger partial charge on any atom is 0.194 e. The summed E-state index contributed by atoms with van der Waals surface area (Å²) in [5.74, 6) is 1.11. The third-order valence-corrected chi connectivity index (χ3v) is 3.45. The summed E-state index contributed by atoms with van der Waals surface area (Å²) in [6.45, 7) is 5.18. The Balaban J connectivity index is 1.94. The summed E-state index contributed by atoms with van der Waals surface area (Å²) in [6, 6.07) is 1.08. The van der Waals surface area contributed by atoms with Crippen LogP contribution in [-0.4, -0.2) is 42.6 Å². The normalized spacial score (nSPS) is 30.9. The molecular weight excluding hydrogens is 188 g/mol. The van der Waals surface area contributed by atoms with Crippen molar-refractivity contribution in [1.29, 1.82) is 0 Å². The molecule has 15 heavy (non-hydrogen) atoms. The summed E-state index contributed by atoms with van der Waals surface area (Å²) in [5.41, 5.74) is 5.93. The molecule has 4 heteroatoms. The Hall–Kier alpha value is -0.770. The SMILES string of the molecule is CCN(C1=NCCN1)C1CCC(N)CC1. The van der Waals surface area contributed by atoms with Crippen molar-refractivity contribution in [2.75, 3.05) is 19.6 Å². The number of hydrogen-bond donors (Lipinski definition) is 2. The predicted octanol–water partition coefficient (Wildman–Crippen LogP) is 0.537. The number of rotatable bonds is 2. The van der Waals surface area contributed by atoms with Crippen molar-refractivity contribution in [3.05, 3.63) is 0 Å². The molecule has 0 spiro atoms. The lowest BCUT2D eigenvalue weighted by molar-refractivity contribution is 0.234. The van der Waals surface area contributed by atoms with Gasteiger partial charge in [0.05, 0.1) is 6.54 Å². The van der Waals surface area contributed by atoms with Crippen LogP contribution in [0.15, 0.2) is 4.99 Å². The molecule has 2 aliphatic rings. The Morgan fingerprint density at radius 3 is 2.67 bits per heavy atom. The van der Waals surface area contributed by atoms with E-state index in [4.69, 9.17) is 5.73 Å². The zero-order chi connectivity index (χ0) is 10.7. The summed E-state index contributed by atoms with van der Waals surface area (Å²) in [5, 5.41) is 3.36. The van der Waals surface area contributed by atoms with Crippen molar-refractivity contribution in [3.63, 3.8) is 0 Å². The van der Waals surface area contributed by atoms with Crippen LogP contribution in [0.4, 0.5) is 0 Å². The lowest BCUT2D eigenvalue weighted by atomic mass is 9.91. The molecule has 0 radical (unpaired) electrons. The molecule has 1 heterocycles. The van der Waals surface area contributed by atoms with Gasteiger partial charge in [0, 0.05) is 25.2 Å². The van der Waals surface area contributed by atoms with E-state index in [0.29, 0.717) is 12.1 Å². The van der Waals surface area contributed by atoms with Crippen LogP contribution in [-0.2, 0) is 0 Å². The fraction of sp³-hybridized carbons (Fsp3) is 0.909. The quantitative estimate of drug-likeness (QED) is 0.699. The molecule has 0 unspecified atom stereocenters. The van der Waals surface area contributed by atoms with E-state index in [1.165, 1.54) is 12.8 Å². The van der Waals surface area contributed by atoms with Gasteiger partial charge in [-0.15, -0.1) is 0 Å². The van der Waals surface area contributed by atoms with Gasteiger partial charge in [0.25, 0.3) is 0 Å². The number of nitrogens with zero attached hydrogens (tertiary/aromatic N) is 2. The largest absolute Gasteiger partial charge is 0.354 e. The van der Waals surface area contributed by atoms with E-state index in [1.807, 2.05) is 0 Å². The first kappa shape index (κ1) is 10.7. The Morgan fingerprint density at radius 1 is 1.40 bits per heavy atom. The predicted molar refractivity (Wildman–Crippen MR) is 62.9 cm³/mol. The molecule has 1 saturated carbocycles. The smallest absolute Gasteiger partial charge is 0.194 e. The topological polar surface area (TPSA) is 53.6 Å². The van der Waals surface area contributed by atoms with E-state index < -0.39 is 0 Å². The molecule has 1 fully saturated rings. The van der Waals surface area contributed by atoms with E-state index >= 15 is 0 Å². The Kier molecular flexibility index (Phi) is 3.46. The molecule has 1 aliphatic heterocycles. The Labute approximate surface area is 91.9 Å². The maximum atomic E-state index is 5.93. The third kappa shape index (κ3) is 2.43. The lowest BCUT2D eigenvalue weighted by Gasteiger charge is -2.36. The third-order valence-electron chi connectivity index (χ3n) is 3.45. The molecule has 3 N–H and O–H groups in total. The van der Waals surface area contributed by atoms with Crippen LogP contribution < -0.4 is 11.1 Å². The van der Waals surface area contributed by atoms with E-state index in [9.17, 15) is 0 Å². The van der Waals surface area contributed by atoms with E-state index in [0.717, 1.165) is 38.4 Å². The first-order valence-electron chi connectivity index (χ1n) is 6.11. The summed E-state index contributed by atoms with van der Waals surface area (Å²) in [7, 11) is 0. The lowest BCUT2D eigenvalue weighted by Crippen LogP contribution is -2.47. The molecule has 0 aromatic heterocycles. The molecular formula is C11H22N4. The van der Waals surface area contributed by atoms with Gasteiger partial charge in [-0.05, 0) is 32.6 Å². The van der Waals surface area contributed by atoms with Crippen molar-refractivity contribution >= 4 is 5.96 Å². The van der Waals surface area contributed by atoms with Gasteiger partial charge >= 0.3 is 0 Å². The zero-order valence-electron chi connectivity index (χ0n) is 9.58. The van der Waals surface area contributed by atoms with Crippen molar-refractivity contribution in [3.8, 4) is 0 Å².